The lowest BCUT2D eigenvalue weighted by molar-refractivity contribution is -0.137. The van der Waals surface area contributed by atoms with Gasteiger partial charge >= 0.3 is 5.97 Å². The van der Waals surface area contributed by atoms with Gasteiger partial charge in [0, 0.05) is 32.6 Å². The zero-order valence-corrected chi connectivity index (χ0v) is 19.0. The molecule has 6 heteroatoms. The van der Waals surface area contributed by atoms with Crippen molar-refractivity contribution in [1.82, 2.24) is 4.90 Å². The maximum Gasteiger partial charge on any atom is 0.303 e. The molecule has 0 saturated carbocycles. The van der Waals surface area contributed by atoms with E-state index in [0.717, 1.165) is 63.7 Å². The number of nitrogens with zero attached hydrogens (tertiary/aromatic N) is 1. The van der Waals surface area contributed by atoms with Crippen molar-refractivity contribution in [1.29, 1.82) is 0 Å². The van der Waals surface area contributed by atoms with Gasteiger partial charge in [-0.3, -0.25) is 9.59 Å². The number of carbonyl (C=O) groups excluding carboxylic acids is 1. The number of benzene rings is 1. The quantitative estimate of drug-likeness (QED) is 0.372. The lowest BCUT2D eigenvalue weighted by Crippen LogP contribution is -2.32. The van der Waals surface area contributed by atoms with E-state index in [0.29, 0.717) is 25.3 Å². The molecular weight excluding hydrogens is 406 g/mol. The van der Waals surface area contributed by atoms with Gasteiger partial charge in [0.05, 0.1) is 12.1 Å². The van der Waals surface area contributed by atoms with Crippen LogP contribution in [0.5, 0.6) is 0 Å². The molecule has 3 rings (SSSR count). The van der Waals surface area contributed by atoms with Gasteiger partial charge in [0.25, 0.3) is 0 Å². The molecule has 2 saturated heterocycles. The summed E-state index contributed by atoms with van der Waals surface area (Å²) in [4.78, 5) is 24.8. The van der Waals surface area contributed by atoms with Crippen LogP contribution in [-0.4, -0.2) is 52.8 Å². The number of likely N-dealkylation sites (tertiary alicyclic amines) is 1. The minimum Gasteiger partial charge on any atom is -0.481 e. The number of rotatable bonds is 12. The number of carbonyl (C=O) groups is 2. The number of ether oxygens (including phenoxy) is 1. The standard InChI is InChI=1S/C26H37NO5/c28-24(22-7-5-6-21(19-22)18-20-13-16-32-17-14-20)11-9-23-10-12-25(29)27(23)15-4-2-1-3-8-26(30)31/h5-7,9,11,19-20,23-24,28H,1-4,8,10,12-18H2,(H,30,31)/t23-,24?/m0/s1. The van der Waals surface area contributed by atoms with E-state index in [1.807, 2.05) is 29.2 Å². The van der Waals surface area contributed by atoms with Gasteiger partial charge in [0.15, 0.2) is 0 Å². The number of amides is 1. The minimum atomic E-state index is -0.752. The van der Waals surface area contributed by atoms with Gasteiger partial charge in [0.2, 0.25) is 5.91 Å². The molecule has 1 amide bonds. The predicted molar refractivity (Wildman–Crippen MR) is 123 cm³/mol. The van der Waals surface area contributed by atoms with Crippen LogP contribution in [0.15, 0.2) is 36.4 Å². The average molecular weight is 444 g/mol. The summed E-state index contributed by atoms with van der Waals surface area (Å²) < 4.78 is 5.45. The molecule has 2 atom stereocenters. The largest absolute Gasteiger partial charge is 0.481 e. The van der Waals surface area contributed by atoms with Gasteiger partial charge in [-0.1, -0.05) is 49.3 Å². The van der Waals surface area contributed by atoms with Crippen molar-refractivity contribution < 1.29 is 24.5 Å². The van der Waals surface area contributed by atoms with Gasteiger partial charge in [-0.05, 0) is 55.6 Å². The number of hydrogen-bond acceptors (Lipinski definition) is 4. The summed E-state index contributed by atoms with van der Waals surface area (Å²) in [7, 11) is 0. The Bertz CT molecular complexity index is 771. The molecule has 2 N–H and O–H groups in total. The molecule has 2 fully saturated rings. The molecule has 0 aromatic heterocycles. The Labute approximate surface area is 191 Å². The Balaban J connectivity index is 1.48. The Morgan fingerprint density at radius 2 is 1.94 bits per heavy atom. The van der Waals surface area contributed by atoms with Crippen LogP contribution in [0, 0.1) is 5.92 Å². The number of aliphatic hydroxyl groups excluding tert-OH is 1. The third-order valence-corrected chi connectivity index (χ3v) is 6.59. The van der Waals surface area contributed by atoms with Crippen LogP contribution < -0.4 is 0 Å². The number of carboxylic acid groups (broad SMARTS) is 1. The van der Waals surface area contributed by atoms with Gasteiger partial charge in [-0.2, -0.15) is 0 Å². The highest BCUT2D eigenvalue weighted by Crippen LogP contribution is 2.25. The van der Waals surface area contributed by atoms with Gasteiger partial charge in [-0.15, -0.1) is 0 Å². The summed E-state index contributed by atoms with van der Waals surface area (Å²) in [5, 5.41) is 19.4. The van der Waals surface area contributed by atoms with Crippen LogP contribution in [-0.2, 0) is 20.7 Å². The molecule has 32 heavy (non-hydrogen) atoms. The van der Waals surface area contributed by atoms with E-state index in [-0.39, 0.29) is 18.4 Å². The second kappa shape index (κ2) is 12.8. The first-order chi connectivity index (χ1) is 15.5. The molecule has 1 aromatic carbocycles. The fourth-order valence-electron chi connectivity index (χ4n) is 4.69. The van der Waals surface area contributed by atoms with E-state index >= 15 is 0 Å². The lowest BCUT2D eigenvalue weighted by Gasteiger charge is -2.23. The normalized spacial score (nSPS) is 20.8. The van der Waals surface area contributed by atoms with Crippen molar-refractivity contribution in [2.45, 2.75) is 76.4 Å². The maximum absolute atomic E-state index is 12.3. The summed E-state index contributed by atoms with van der Waals surface area (Å²) in [6.07, 6.45) is 11.2. The van der Waals surface area contributed by atoms with Crippen molar-refractivity contribution in [2.24, 2.45) is 5.92 Å². The smallest absolute Gasteiger partial charge is 0.303 e. The molecule has 0 bridgehead atoms. The highest BCUT2D eigenvalue weighted by atomic mass is 16.5. The summed E-state index contributed by atoms with van der Waals surface area (Å²) in [6.45, 7) is 2.38. The molecule has 0 aliphatic carbocycles. The number of carboxylic acids is 1. The van der Waals surface area contributed by atoms with Crippen molar-refractivity contribution in [2.75, 3.05) is 19.8 Å². The number of aliphatic hydroxyl groups is 1. The van der Waals surface area contributed by atoms with Crippen LogP contribution in [0.2, 0.25) is 0 Å². The van der Waals surface area contributed by atoms with Crippen LogP contribution >= 0.6 is 0 Å². The zero-order valence-electron chi connectivity index (χ0n) is 19.0. The Kier molecular flexibility index (Phi) is 9.75. The summed E-state index contributed by atoms with van der Waals surface area (Å²) in [5.41, 5.74) is 2.14. The minimum absolute atomic E-state index is 0.0293. The molecule has 6 nitrogen and oxygen atoms in total. The van der Waals surface area contributed by atoms with E-state index in [9.17, 15) is 14.7 Å². The Hall–Kier alpha value is -2.18. The molecule has 1 aromatic rings. The summed E-state index contributed by atoms with van der Waals surface area (Å²) in [6, 6.07) is 8.22. The average Bonchev–Trinajstić information content (AvgIpc) is 3.14. The fourth-order valence-corrected chi connectivity index (χ4v) is 4.69. The summed E-state index contributed by atoms with van der Waals surface area (Å²) in [5.74, 6) is 0.0598. The Morgan fingerprint density at radius 1 is 1.16 bits per heavy atom. The molecule has 0 spiro atoms. The topological polar surface area (TPSA) is 87.1 Å². The lowest BCUT2D eigenvalue weighted by atomic mass is 9.91. The molecule has 1 unspecified atom stereocenters. The van der Waals surface area contributed by atoms with E-state index in [1.165, 1.54) is 5.56 Å². The van der Waals surface area contributed by atoms with Crippen LogP contribution in [0.1, 0.15) is 75.0 Å². The molecule has 176 valence electrons. The summed E-state index contributed by atoms with van der Waals surface area (Å²) >= 11 is 0. The van der Waals surface area contributed by atoms with Crippen molar-refractivity contribution in [3.05, 3.63) is 47.5 Å². The van der Waals surface area contributed by atoms with Gasteiger partial charge in [0.1, 0.15) is 0 Å². The highest BCUT2D eigenvalue weighted by Gasteiger charge is 2.28. The van der Waals surface area contributed by atoms with Gasteiger partial charge < -0.3 is 19.8 Å². The van der Waals surface area contributed by atoms with Crippen LogP contribution in [0.4, 0.5) is 0 Å². The Morgan fingerprint density at radius 3 is 2.72 bits per heavy atom. The van der Waals surface area contributed by atoms with Crippen LogP contribution in [0.3, 0.4) is 0 Å². The SMILES string of the molecule is O=C(O)CCCCCCN1C(=O)CC[C@@H]1C=CC(O)c1cccc(CC2CCOCC2)c1. The van der Waals surface area contributed by atoms with Gasteiger partial charge in [-0.25, -0.2) is 0 Å². The number of unbranched alkanes of at least 4 members (excludes halogenated alkanes) is 3. The van der Waals surface area contributed by atoms with E-state index in [4.69, 9.17) is 9.84 Å². The number of hydrogen-bond donors (Lipinski definition) is 2. The molecule has 0 radical (unpaired) electrons. The third-order valence-electron chi connectivity index (χ3n) is 6.59. The zero-order chi connectivity index (χ0) is 22.8. The van der Waals surface area contributed by atoms with Crippen LogP contribution in [0.25, 0.3) is 0 Å². The molecule has 2 aliphatic heterocycles. The van der Waals surface area contributed by atoms with Crippen molar-refractivity contribution in [3.63, 3.8) is 0 Å². The van der Waals surface area contributed by atoms with Crippen molar-refractivity contribution in [3.8, 4) is 0 Å². The highest BCUT2D eigenvalue weighted by molar-refractivity contribution is 5.79. The predicted octanol–water partition coefficient (Wildman–Crippen LogP) is 4.27. The molecule has 2 aliphatic rings. The van der Waals surface area contributed by atoms with E-state index in [1.54, 1.807) is 0 Å². The van der Waals surface area contributed by atoms with E-state index in [2.05, 4.69) is 12.1 Å². The number of aliphatic carboxylic acids is 1. The second-order valence-corrected chi connectivity index (χ2v) is 9.09. The molecular formula is C26H37NO5. The van der Waals surface area contributed by atoms with E-state index < -0.39 is 12.1 Å². The first-order valence-electron chi connectivity index (χ1n) is 12.1. The third kappa shape index (κ3) is 7.75. The molecule has 2 heterocycles. The first-order valence-corrected chi connectivity index (χ1v) is 12.1. The van der Waals surface area contributed by atoms with Crippen molar-refractivity contribution >= 4 is 11.9 Å². The fraction of sp³-hybridized carbons (Fsp3) is 0.615. The first kappa shape index (κ1) is 24.5. The maximum atomic E-state index is 12.3. The second-order valence-electron chi connectivity index (χ2n) is 9.09. The monoisotopic (exact) mass is 443 g/mol.